The van der Waals surface area contributed by atoms with Crippen molar-refractivity contribution in [2.75, 3.05) is 38.3 Å². The van der Waals surface area contributed by atoms with Gasteiger partial charge in [0.1, 0.15) is 6.54 Å². The highest BCUT2D eigenvalue weighted by molar-refractivity contribution is 8.13. The van der Waals surface area contributed by atoms with Gasteiger partial charge in [0.15, 0.2) is 17.6 Å². The third kappa shape index (κ3) is 5.99. The minimum Gasteiger partial charge on any atom is -0.374 e. The number of anilines is 1. The van der Waals surface area contributed by atoms with Gasteiger partial charge < -0.3 is 9.80 Å². The van der Waals surface area contributed by atoms with E-state index >= 15 is 0 Å². The van der Waals surface area contributed by atoms with Gasteiger partial charge in [-0.2, -0.15) is 0 Å². The van der Waals surface area contributed by atoms with E-state index in [1.54, 1.807) is 18.0 Å². The van der Waals surface area contributed by atoms with Crippen LogP contribution in [-0.2, 0) is 13.0 Å². The summed E-state index contributed by atoms with van der Waals surface area (Å²) in [6, 6.07) is 11.2. The average molecular weight is 422 g/mol. The highest BCUT2D eigenvalue weighted by Gasteiger charge is 2.13. The van der Waals surface area contributed by atoms with Crippen LogP contribution in [0.25, 0.3) is 12.2 Å². The second-order valence-electron chi connectivity index (χ2n) is 7.62. The molecule has 0 saturated heterocycles. The van der Waals surface area contributed by atoms with E-state index in [1.807, 2.05) is 19.0 Å². The van der Waals surface area contributed by atoms with Crippen molar-refractivity contribution in [2.45, 2.75) is 25.8 Å². The number of aliphatic imine (C=N–C) groups is 1. The summed E-state index contributed by atoms with van der Waals surface area (Å²) in [5.41, 5.74) is 5.34. The number of fused-ring (bicyclic) bond motifs is 1. The summed E-state index contributed by atoms with van der Waals surface area (Å²) in [6.07, 6.45) is 14.0. The Morgan fingerprint density at radius 2 is 2.00 bits per heavy atom. The van der Waals surface area contributed by atoms with Gasteiger partial charge >= 0.3 is 0 Å². The second kappa shape index (κ2) is 11.0. The SMILES string of the molecule is C=CN(C)/C(=N/C)SCCC[n+]1ccc(/C=C/c2ccc3c(c2)CCCN3C)cc1. The van der Waals surface area contributed by atoms with Crippen molar-refractivity contribution in [1.29, 1.82) is 0 Å². The molecule has 0 saturated carbocycles. The molecular formula is C25H33N4S+. The van der Waals surface area contributed by atoms with Crippen LogP contribution in [0.3, 0.4) is 0 Å². The minimum atomic E-state index is 1.00. The lowest BCUT2D eigenvalue weighted by molar-refractivity contribution is -0.696. The number of nitrogens with zero attached hydrogens (tertiary/aromatic N) is 4. The van der Waals surface area contributed by atoms with Gasteiger partial charge in [0.25, 0.3) is 0 Å². The van der Waals surface area contributed by atoms with Crippen molar-refractivity contribution in [3.63, 3.8) is 0 Å². The Balaban J connectivity index is 1.50. The first kappa shape index (κ1) is 22.2. The first-order valence-corrected chi connectivity index (χ1v) is 11.6. The summed E-state index contributed by atoms with van der Waals surface area (Å²) in [7, 11) is 5.99. The molecule has 2 heterocycles. The minimum absolute atomic E-state index is 1.00. The van der Waals surface area contributed by atoms with Crippen molar-refractivity contribution < 1.29 is 4.57 Å². The second-order valence-corrected chi connectivity index (χ2v) is 8.68. The molecule has 1 aromatic heterocycles. The van der Waals surface area contributed by atoms with Gasteiger partial charge in [0.2, 0.25) is 0 Å². The van der Waals surface area contributed by atoms with Crippen LogP contribution in [0.1, 0.15) is 29.5 Å². The molecule has 0 atom stereocenters. The normalized spacial score (nSPS) is 14.1. The highest BCUT2D eigenvalue weighted by atomic mass is 32.2. The molecule has 0 unspecified atom stereocenters. The van der Waals surface area contributed by atoms with Gasteiger partial charge in [-0.15, -0.1) is 0 Å². The van der Waals surface area contributed by atoms with Crippen molar-refractivity contribution in [3.05, 3.63) is 72.2 Å². The molecular weight excluding hydrogens is 388 g/mol. The molecule has 4 nitrogen and oxygen atoms in total. The van der Waals surface area contributed by atoms with Crippen LogP contribution in [0.15, 0.2) is 60.5 Å². The highest BCUT2D eigenvalue weighted by Crippen LogP contribution is 2.27. The first-order valence-electron chi connectivity index (χ1n) is 10.6. The van der Waals surface area contributed by atoms with Gasteiger partial charge in [0, 0.05) is 57.7 Å². The zero-order valence-corrected chi connectivity index (χ0v) is 19.2. The van der Waals surface area contributed by atoms with E-state index in [4.69, 9.17) is 0 Å². The predicted molar refractivity (Wildman–Crippen MR) is 132 cm³/mol. The molecule has 158 valence electrons. The zero-order chi connectivity index (χ0) is 21.3. The first-order chi connectivity index (χ1) is 14.6. The monoisotopic (exact) mass is 421 g/mol. The number of aromatic nitrogens is 1. The zero-order valence-electron chi connectivity index (χ0n) is 18.4. The quantitative estimate of drug-likeness (QED) is 0.280. The number of aryl methyl sites for hydroxylation is 2. The topological polar surface area (TPSA) is 22.7 Å². The third-order valence-corrected chi connectivity index (χ3v) is 6.62. The standard InChI is InChI=1S/C25H33N4S/c1-5-27(3)25(26-2)30-19-7-16-29-17-13-21(14-18-29)9-10-22-11-12-24-23(20-22)8-6-15-28(24)4/h5,9-14,17-18,20H,1,6-8,15-16,19H2,2-4H3/q+1/b26-25-. The fourth-order valence-corrected chi connectivity index (χ4v) is 4.51. The molecule has 2 aromatic rings. The largest absolute Gasteiger partial charge is 0.374 e. The van der Waals surface area contributed by atoms with Crippen LogP contribution in [0.2, 0.25) is 0 Å². The molecule has 1 aromatic carbocycles. The molecule has 0 bridgehead atoms. The molecule has 0 radical (unpaired) electrons. The van der Waals surface area contributed by atoms with Crippen molar-refractivity contribution in [2.24, 2.45) is 4.99 Å². The van der Waals surface area contributed by atoms with Crippen LogP contribution >= 0.6 is 11.8 Å². The maximum atomic E-state index is 4.31. The summed E-state index contributed by atoms with van der Waals surface area (Å²) >= 11 is 1.77. The Morgan fingerprint density at radius 3 is 2.73 bits per heavy atom. The Kier molecular flexibility index (Phi) is 8.14. The Morgan fingerprint density at radius 1 is 1.23 bits per heavy atom. The number of pyridine rings is 1. The van der Waals surface area contributed by atoms with Gasteiger partial charge in [-0.25, -0.2) is 4.57 Å². The molecule has 0 spiro atoms. The fraction of sp³-hybridized carbons (Fsp3) is 0.360. The van der Waals surface area contributed by atoms with E-state index in [0.29, 0.717) is 0 Å². The number of benzene rings is 1. The van der Waals surface area contributed by atoms with Crippen molar-refractivity contribution in [3.8, 4) is 0 Å². The molecule has 0 fully saturated rings. The summed E-state index contributed by atoms with van der Waals surface area (Å²) in [5, 5.41) is 1.00. The van der Waals surface area contributed by atoms with E-state index in [1.165, 1.54) is 35.2 Å². The van der Waals surface area contributed by atoms with Crippen LogP contribution < -0.4 is 9.47 Å². The van der Waals surface area contributed by atoms with E-state index < -0.39 is 0 Å². The molecule has 1 aliphatic rings. The van der Waals surface area contributed by atoms with E-state index in [9.17, 15) is 0 Å². The summed E-state index contributed by atoms with van der Waals surface area (Å²) < 4.78 is 2.24. The van der Waals surface area contributed by atoms with E-state index in [2.05, 4.69) is 83.0 Å². The number of hydrogen-bond acceptors (Lipinski definition) is 3. The van der Waals surface area contributed by atoms with Crippen LogP contribution in [0.5, 0.6) is 0 Å². The molecule has 0 amide bonds. The van der Waals surface area contributed by atoms with Crippen LogP contribution in [-0.4, -0.2) is 43.5 Å². The molecule has 0 N–H and O–H groups in total. The molecule has 0 aliphatic carbocycles. The lowest BCUT2D eigenvalue weighted by Gasteiger charge is -2.27. The van der Waals surface area contributed by atoms with Crippen LogP contribution in [0, 0.1) is 0 Å². The molecule has 5 heteroatoms. The number of amidine groups is 1. The van der Waals surface area contributed by atoms with E-state index in [-0.39, 0.29) is 0 Å². The summed E-state index contributed by atoms with van der Waals surface area (Å²) in [5.74, 6) is 1.03. The average Bonchev–Trinajstić information content (AvgIpc) is 2.78. The maximum absolute atomic E-state index is 4.31. The lowest BCUT2D eigenvalue weighted by Crippen LogP contribution is -2.33. The smallest absolute Gasteiger partial charge is 0.169 e. The summed E-state index contributed by atoms with van der Waals surface area (Å²) in [4.78, 5) is 8.62. The van der Waals surface area contributed by atoms with Gasteiger partial charge in [-0.05, 0) is 47.9 Å². The Labute approximate surface area is 185 Å². The molecule has 3 rings (SSSR count). The van der Waals surface area contributed by atoms with Gasteiger partial charge in [-0.3, -0.25) is 4.99 Å². The van der Waals surface area contributed by atoms with Gasteiger partial charge in [0.05, 0.1) is 0 Å². The van der Waals surface area contributed by atoms with Gasteiger partial charge in [-0.1, -0.05) is 36.6 Å². The Bertz CT molecular complexity index is 902. The molecule has 1 aliphatic heterocycles. The summed E-state index contributed by atoms with van der Waals surface area (Å²) in [6.45, 7) is 5.95. The predicted octanol–water partition coefficient (Wildman–Crippen LogP) is 4.71. The third-order valence-electron chi connectivity index (χ3n) is 5.40. The Hall–Kier alpha value is -2.53. The number of hydrogen-bond donors (Lipinski definition) is 0. The van der Waals surface area contributed by atoms with Crippen molar-refractivity contribution >= 4 is 34.8 Å². The lowest BCUT2D eigenvalue weighted by atomic mass is 9.99. The van der Waals surface area contributed by atoms with Crippen LogP contribution in [0.4, 0.5) is 5.69 Å². The number of thioether (sulfide) groups is 1. The fourth-order valence-electron chi connectivity index (χ4n) is 3.64. The van der Waals surface area contributed by atoms with E-state index in [0.717, 1.165) is 30.4 Å². The molecule has 30 heavy (non-hydrogen) atoms. The maximum Gasteiger partial charge on any atom is 0.169 e. The number of rotatable bonds is 7. The van der Waals surface area contributed by atoms with Crippen molar-refractivity contribution in [1.82, 2.24) is 4.90 Å².